The van der Waals surface area contributed by atoms with Crippen LogP contribution in [-0.4, -0.2) is 140 Å². The van der Waals surface area contributed by atoms with E-state index in [2.05, 4.69) is 67.8 Å². The Labute approximate surface area is 391 Å². The molecule has 65 heavy (non-hydrogen) atoms. The summed E-state index contributed by atoms with van der Waals surface area (Å²) >= 11 is 0. The van der Waals surface area contributed by atoms with Gasteiger partial charge in [0.15, 0.2) is 12.6 Å². The standard InChI is InChI=1S/C51H91NO13/c1-3-5-7-9-11-13-15-16-17-18-19-20-21-22-23-24-25-27-29-31-33-35-43(56)52-39(40(55)34-32-30-28-26-14-12-10-8-6-4-2)38-62-50-48(61)46(59)49(42(37-54)64-50)65-51-47(60)45(58)44(57)41(36-53)63-51/h5,7,11,13,16-17,19-20,39-42,44-51,53-55,57-61H,3-4,6,8-10,12,14-15,18,21-38H2,1-2H3,(H,52,56)/b7-5-,13-11-,17-16-,20-19-. The summed E-state index contributed by atoms with van der Waals surface area (Å²) in [6, 6.07) is -0.832. The Morgan fingerprint density at radius 1 is 0.569 bits per heavy atom. The largest absolute Gasteiger partial charge is 0.394 e. The second-order valence-electron chi connectivity index (χ2n) is 17.9. The first kappa shape index (κ1) is 59.1. The zero-order valence-electron chi connectivity index (χ0n) is 40.0. The normalized spacial score (nSPS) is 27.4. The summed E-state index contributed by atoms with van der Waals surface area (Å²) in [4.78, 5) is 13.2. The number of aliphatic hydroxyl groups excluding tert-OH is 8. The molecular weight excluding hydrogens is 835 g/mol. The molecule has 1 amide bonds. The number of unbranched alkanes of at least 4 members (excludes halogenated alkanes) is 17. The molecule has 0 saturated carbocycles. The third kappa shape index (κ3) is 25.2. The lowest BCUT2D eigenvalue weighted by atomic mass is 9.97. The van der Waals surface area contributed by atoms with E-state index in [1.165, 1.54) is 64.2 Å². The molecule has 2 rings (SSSR count). The van der Waals surface area contributed by atoms with Crippen LogP contribution in [0.25, 0.3) is 0 Å². The van der Waals surface area contributed by atoms with Gasteiger partial charge in [-0.15, -0.1) is 0 Å². The van der Waals surface area contributed by atoms with Gasteiger partial charge in [0, 0.05) is 6.42 Å². The van der Waals surface area contributed by atoms with Gasteiger partial charge in [0.05, 0.1) is 32.0 Å². The average Bonchev–Trinajstić information content (AvgIpc) is 3.30. The summed E-state index contributed by atoms with van der Waals surface area (Å²) in [6.07, 6.45) is 26.9. The molecule has 9 N–H and O–H groups in total. The van der Waals surface area contributed by atoms with Crippen LogP contribution in [0.4, 0.5) is 0 Å². The van der Waals surface area contributed by atoms with E-state index in [0.29, 0.717) is 19.3 Å². The zero-order valence-corrected chi connectivity index (χ0v) is 40.0. The average molecular weight is 926 g/mol. The van der Waals surface area contributed by atoms with Crippen LogP contribution in [0, 0.1) is 0 Å². The van der Waals surface area contributed by atoms with Gasteiger partial charge in [0.25, 0.3) is 0 Å². The molecule has 14 nitrogen and oxygen atoms in total. The number of allylic oxidation sites excluding steroid dienone is 8. The van der Waals surface area contributed by atoms with E-state index in [1.54, 1.807) is 0 Å². The highest BCUT2D eigenvalue weighted by molar-refractivity contribution is 5.76. The van der Waals surface area contributed by atoms with Gasteiger partial charge in [-0.1, -0.05) is 165 Å². The summed E-state index contributed by atoms with van der Waals surface area (Å²) in [6.45, 7) is 2.70. The van der Waals surface area contributed by atoms with E-state index in [0.717, 1.165) is 77.0 Å². The van der Waals surface area contributed by atoms with Gasteiger partial charge in [0.1, 0.15) is 48.8 Å². The Morgan fingerprint density at radius 3 is 1.63 bits per heavy atom. The van der Waals surface area contributed by atoms with Crippen LogP contribution >= 0.6 is 0 Å². The molecule has 12 unspecified atom stereocenters. The SMILES string of the molecule is CC/C=C\C/C=C\C/C=C\C/C=C\CCCCCCCCCCC(=O)NC(COC1OC(CO)C(OC2OC(CO)C(O)C(O)C2O)C(O)C1O)C(O)CCCCCCCCCCCC. The van der Waals surface area contributed by atoms with Crippen LogP contribution in [0.3, 0.4) is 0 Å². The van der Waals surface area contributed by atoms with Crippen molar-refractivity contribution in [1.82, 2.24) is 5.32 Å². The number of rotatable bonds is 38. The van der Waals surface area contributed by atoms with Crippen molar-refractivity contribution < 1.29 is 64.6 Å². The monoisotopic (exact) mass is 926 g/mol. The third-order valence-corrected chi connectivity index (χ3v) is 12.3. The molecule has 2 heterocycles. The quantitative estimate of drug-likeness (QED) is 0.0239. The van der Waals surface area contributed by atoms with Gasteiger partial charge in [-0.2, -0.15) is 0 Å². The van der Waals surface area contributed by atoms with E-state index in [-0.39, 0.29) is 12.5 Å². The van der Waals surface area contributed by atoms with Crippen molar-refractivity contribution in [1.29, 1.82) is 0 Å². The smallest absolute Gasteiger partial charge is 0.220 e. The Balaban J connectivity index is 1.79. The van der Waals surface area contributed by atoms with Crippen molar-refractivity contribution in [3.63, 3.8) is 0 Å². The molecule has 0 aliphatic carbocycles. The molecule has 378 valence electrons. The van der Waals surface area contributed by atoms with E-state index in [9.17, 15) is 45.6 Å². The van der Waals surface area contributed by atoms with E-state index < -0.39 is 86.8 Å². The van der Waals surface area contributed by atoms with Gasteiger partial charge in [0.2, 0.25) is 5.91 Å². The molecule has 0 aromatic rings. The van der Waals surface area contributed by atoms with E-state index in [1.807, 2.05) is 0 Å². The Hall–Kier alpha value is -2.05. The maximum absolute atomic E-state index is 13.2. The minimum Gasteiger partial charge on any atom is -0.394 e. The first-order chi connectivity index (χ1) is 31.6. The molecule has 2 saturated heterocycles. The van der Waals surface area contributed by atoms with Crippen LogP contribution in [-0.2, 0) is 23.7 Å². The van der Waals surface area contributed by atoms with E-state index >= 15 is 0 Å². The van der Waals surface area contributed by atoms with E-state index in [4.69, 9.17) is 18.9 Å². The van der Waals surface area contributed by atoms with Crippen molar-refractivity contribution in [2.24, 2.45) is 0 Å². The van der Waals surface area contributed by atoms with Crippen molar-refractivity contribution >= 4 is 5.91 Å². The Morgan fingerprint density at radius 2 is 1.06 bits per heavy atom. The van der Waals surface area contributed by atoms with Crippen LogP contribution in [0.1, 0.15) is 174 Å². The summed E-state index contributed by atoms with van der Waals surface area (Å²) in [7, 11) is 0. The van der Waals surface area contributed by atoms with Crippen molar-refractivity contribution in [3.8, 4) is 0 Å². The molecule has 2 aliphatic rings. The molecule has 2 fully saturated rings. The van der Waals surface area contributed by atoms with Gasteiger partial charge < -0.3 is 65.1 Å². The Bertz CT molecular complexity index is 1280. The number of carbonyl (C=O) groups is 1. The number of nitrogens with one attached hydrogen (secondary N) is 1. The van der Waals surface area contributed by atoms with Crippen molar-refractivity contribution in [2.75, 3.05) is 19.8 Å². The molecule has 14 heteroatoms. The molecule has 0 bridgehead atoms. The van der Waals surface area contributed by atoms with Gasteiger partial charge >= 0.3 is 0 Å². The first-order valence-electron chi connectivity index (χ1n) is 25.4. The minimum atomic E-state index is -1.78. The van der Waals surface area contributed by atoms with Gasteiger partial charge in [-0.3, -0.25) is 4.79 Å². The van der Waals surface area contributed by atoms with Crippen LogP contribution in [0.2, 0.25) is 0 Å². The van der Waals surface area contributed by atoms with Crippen LogP contribution in [0.15, 0.2) is 48.6 Å². The summed E-state index contributed by atoms with van der Waals surface area (Å²) < 4.78 is 22.7. The third-order valence-electron chi connectivity index (χ3n) is 12.3. The molecule has 0 radical (unpaired) electrons. The number of hydrogen-bond acceptors (Lipinski definition) is 13. The number of hydrogen-bond donors (Lipinski definition) is 9. The fourth-order valence-corrected chi connectivity index (χ4v) is 8.17. The fraction of sp³-hybridized carbons (Fsp3) is 0.824. The molecule has 12 atom stereocenters. The van der Waals surface area contributed by atoms with Crippen LogP contribution < -0.4 is 5.32 Å². The summed E-state index contributed by atoms with van der Waals surface area (Å²) in [5, 5.41) is 86.8. The Kier molecular flexibility index (Phi) is 34.4. The van der Waals surface area contributed by atoms with Gasteiger partial charge in [-0.05, 0) is 51.4 Å². The molecule has 2 aliphatic heterocycles. The summed E-state index contributed by atoms with van der Waals surface area (Å²) in [5.74, 6) is -0.219. The first-order valence-corrected chi connectivity index (χ1v) is 25.4. The number of carbonyl (C=O) groups excluding carboxylic acids is 1. The lowest BCUT2D eigenvalue weighted by molar-refractivity contribution is -0.359. The highest BCUT2D eigenvalue weighted by atomic mass is 16.7. The van der Waals surface area contributed by atoms with Crippen LogP contribution in [0.5, 0.6) is 0 Å². The van der Waals surface area contributed by atoms with Crippen molar-refractivity contribution in [3.05, 3.63) is 48.6 Å². The van der Waals surface area contributed by atoms with Crippen molar-refractivity contribution in [2.45, 2.75) is 248 Å². The second-order valence-corrected chi connectivity index (χ2v) is 17.9. The summed E-state index contributed by atoms with van der Waals surface area (Å²) in [5.41, 5.74) is 0. The number of amides is 1. The topological polar surface area (TPSA) is 228 Å². The maximum Gasteiger partial charge on any atom is 0.220 e. The lowest BCUT2D eigenvalue weighted by Crippen LogP contribution is -2.65. The molecule has 0 aromatic carbocycles. The predicted molar refractivity (Wildman–Crippen MR) is 254 cm³/mol. The minimum absolute atomic E-state index is 0.219. The lowest BCUT2D eigenvalue weighted by Gasteiger charge is -2.46. The molecular formula is C51H91NO13. The number of ether oxygens (including phenoxy) is 4. The number of aliphatic hydroxyl groups is 8. The second kappa shape index (κ2) is 37.9. The fourth-order valence-electron chi connectivity index (χ4n) is 8.17. The highest BCUT2D eigenvalue weighted by Crippen LogP contribution is 2.30. The zero-order chi connectivity index (χ0) is 47.5. The predicted octanol–water partition coefficient (Wildman–Crippen LogP) is 6.49. The molecule has 0 spiro atoms. The van der Waals surface area contributed by atoms with Gasteiger partial charge in [-0.25, -0.2) is 0 Å². The maximum atomic E-state index is 13.2. The molecule has 0 aromatic heterocycles. The highest BCUT2D eigenvalue weighted by Gasteiger charge is 2.51.